The van der Waals surface area contributed by atoms with E-state index < -0.39 is 0 Å². The Kier molecular flexibility index (Phi) is 1.08. The highest BCUT2D eigenvalue weighted by atomic mass is 16.5. The predicted octanol–water partition coefficient (Wildman–Crippen LogP) is 0.190. The van der Waals surface area contributed by atoms with Gasteiger partial charge in [0.05, 0.1) is 0 Å². The molecule has 1 aliphatic heterocycles. The van der Waals surface area contributed by atoms with E-state index in [0.717, 1.165) is 5.06 Å². The lowest BCUT2D eigenvalue weighted by molar-refractivity contribution is -0.111. The largest absolute Gasteiger partial charge is 0.269 e. The molecular weight excluding hydrogens is 92.1 g/mol. The van der Waals surface area contributed by atoms with Gasteiger partial charge in [0.25, 0.3) is 0 Å². The Hall–Kier alpha value is -0.830. The maximum Gasteiger partial charge on any atom is 0.138 e. The van der Waals surface area contributed by atoms with Crippen LogP contribution in [0.2, 0.25) is 0 Å². The first kappa shape index (κ1) is 4.33. The van der Waals surface area contributed by atoms with Gasteiger partial charge in [0.1, 0.15) is 6.67 Å². The molecular formula is C4H5N2O. The van der Waals surface area contributed by atoms with Gasteiger partial charge in [-0.2, -0.15) is 0 Å². The van der Waals surface area contributed by atoms with Gasteiger partial charge in [-0.1, -0.05) is 5.21 Å². The fourth-order valence-electron chi connectivity index (χ4n) is 0.370. The van der Waals surface area contributed by atoms with Crippen LogP contribution in [-0.2, 0) is 5.21 Å². The van der Waals surface area contributed by atoms with E-state index in [1.54, 1.807) is 12.3 Å². The number of aliphatic imine (C=N–C) groups is 1. The second-order valence-corrected chi connectivity index (χ2v) is 1.23. The third-order valence-corrected chi connectivity index (χ3v) is 0.665. The van der Waals surface area contributed by atoms with Gasteiger partial charge in [-0.05, 0) is 6.08 Å². The topological polar surface area (TPSA) is 35.5 Å². The molecule has 0 aromatic heterocycles. The highest BCUT2D eigenvalue weighted by molar-refractivity contribution is 5.71. The Balaban J connectivity index is 2.49. The van der Waals surface area contributed by atoms with Crippen LogP contribution < -0.4 is 0 Å². The van der Waals surface area contributed by atoms with Crippen LogP contribution in [-0.4, -0.2) is 17.9 Å². The fourth-order valence-corrected chi connectivity index (χ4v) is 0.370. The zero-order chi connectivity index (χ0) is 5.11. The normalized spacial score (nSPS) is 18.1. The van der Waals surface area contributed by atoms with Crippen molar-refractivity contribution in [2.24, 2.45) is 4.99 Å². The SMILES string of the molecule is [O]N1C=CC=NC1. The summed E-state index contributed by atoms with van der Waals surface area (Å²) in [5, 5.41) is 10.9. The van der Waals surface area contributed by atoms with E-state index in [9.17, 15) is 5.21 Å². The Morgan fingerprint density at radius 2 is 2.57 bits per heavy atom. The summed E-state index contributed by atoms with van der Waals surface area (Å²) in [6.45, 7) is 0.247. The van der Waals surface area contributed by atoms with E-state index in [4.69, 9.17) is 0 Å². The van der Waals surface area contributed by atoms with Crippen LogP contribution >= 0.6 is 0 Å². The van der Waals surface area contributed by atoms with Crippen molar-refractivity contribution in [1.29, 1.82) is 0 Å². The lowest BCUT2D eigenvalue weighted by atomic mass is 10.6. The average molecular weight is 97.1 g/mol. The van der Waals surface area contributed by atoms with Crippen molar-refractivity contribution in [2.45, 2.75) is 0 Å². The van der Waals surface area contributed by atoms with Crippen LogP contribution in [0.25, 0.3) is 0 Å². The van der Waals surface area contributed by atoms with Crippen LogP contribution in [0.3, 0.4) is 0 Å². The lowest BCUT2D eigenvalue weighted by Crippen LogP contribution is -2.11. The molecule has 0 aromatic carbocycles. The smallest absolute Gasteiger partial charge is 0.138 e. The molecule has 37 valence electrons. The third kappa shape index (κ3) is 1.01. The molecule has 0 unspecified atom stereocenters. The van der Waals surface area contributed by atoms with E-state index in [1.165, 1.54) is 6.20 Å². The first-order valence-electron chi connectivity index (χ1n) is 2.00. The molecule has 0 aromatic rings. The standard InChI is InChI=1S/C4H5N2O/c7-6-3-1-2-5-4-6/h1-3H,4H2. The number of nitrogens with zero attached hydrogens (tertiary/aromatic N) is 2. The molecule has 7 heavy (non-hydrogen) atoms. The highest BCUT2D eigenvalue weighted by Gasteiger charge is 1.91. The summed E-state index contributed by atoms with van der Waals surface area (Å²) in [5.74, 6) is 0. The molecule has 1 radical (unpaired) electrons. The van der Waals surface area contributed by atoms with Gasteiger partial charge in [-0.3, -0.25) is 4.99 Å². The average Bonchev–Trinajstić information content (AvgIpc) is 1.69. The Morgan fingerprint density at radius 3 is 2.86 bits per heavy atom. The minimum Gasteiger partial charge on any atom is -0.269 e. The van der Waals surface area contributed by atoms with Crippen molar-refractivity contribution in [3.63, 3.8) is 0 Å². The highest BCUT2D eigenvalue weighted by Crippen LogP contribution is 1.88. The van der Waals surface area contributed by atoms with Gasteiger partial charge < -0.3 is 0 Å². The summed E-state index contributed by atoms with van der Waals surface area (Å²) < 4.78 is 0. The van der Waals surface area contributed by atoms with Crippen molar-refractivity contribution in [3.8, 4) is 0 Å². The first-order valence-corrected chi connectivity index (χ1v) is 2.00. The molecule has 0 atom stereocenters. The van der Waals surface area contributed by atoms with E-state index in [0.29, 0.717) is 0 Å². The summed E-state index contributed by atoms with van der Waals surface area (Å²) in [6.07, 6.45) is 4.65. The number of hydrogen-bond acceptors (Lipinski definition) is 2. The summed E-state index contributed by atoms with van der Waals surface area (Å²) >= 11 is 0. The third-order valence-electron chi connectivity index (χ3n) is 0.665. The maximum absolute atomic E-state index is 10.2. The van der Waals surface area contributed by atoms with Crippen LogP contribution in [0.4, 0.5) is 0 Å². The molecule has 1 rings (SSSR count). The van der Waals surface area contributed by atoms with Crippen LogP contribution in [0.1, 0.15) is 0 Å². The van der Waals surface area contributed by atoms with E-state index in [1.807, 2.05) is 0 Å². The molecule has 1 heterocycles. The molecule has 0 N–H and O–H groups in total. The molecule has 0 saturated heterocycles. The molecule has 3 heteroatoms. The minimum atomic E-state index is 0.247. The van der Waals surface area contributed by atoms with Crippen molar-refractivity contribution in [1.82, 2.24) is 5.06 Å². The zero-order valence-electron chi connectivity index (χ0n) is 3.74. The second kappa shape index (κ2) is 1.75. The molecule has 0 saturated carbocycles. The van der Waals surface area contributed by atoms with Gasteiger partial charge in [0.2, 0.25) is 0 Å². The van der Waals surface area contributed by atoms with Gasteiger partial charge in [-0.25, -0.2) is 5.06 Å². The molecule has 0 aliphatic carbocycles. The first-order chi connectivity index (χ1) is 3.39. The molecule has 0 bridgehead atoms. The Bertz CT molecular complexity index is 108. The van der Waals surface area contributed by atoms with Crippen LogP contribution in [0.15, 0.2) is 17.3 Å². The number of rotatable bonds is 0. The van der Waals surface area contributed by atoms with Crippen LogP contribution in [0, 0.1) is 0 Å². The Labute approximate surface area is 41.5 Å². The predicted molar refractivity (Wildman–Crippen MR) is 25.0 cm³/mol. The quantitative estimate of drug-likeness (QED) is 0.425. The molecule has 0 amide bonds. The zero-order valence-corrected chi connectivity index (χ0v) is 3.74. The van der Waals surface area contributed by atoms with Crippen molar-refractivity contribution in [2.75, 3.05) is 6.67 Å². The van der Waals surface area contributed by atoms with Gasteiger partial charge >= 0.3 is 0 Å². The molecule has 0 spiro atoms. The van der Waals surface area contributed by atoms with Gasteiger partial charge in [-0.15, -0.1) is 0 Å². The van der Waals surface area contributed by atoms with Crippen LogP contribution in [0.5, 0.6) is 0 Å². The number of hydrogen-bond donors (Lipinski definition) is 0. The number of allylic oxidation sites excluding steroid dienone is 1. The fraction of sp³-hybridized carbons (Fsp3) is 0.250. The minimum absolute atomic E-state index is 0.247. The van der Waals surface area contributed by atoms with Crippen molar-refractivity contribution in [3.05, 3.63) is 12.3 Å². The van der Waals surface area contributed by atoms with Gasteiger partial charge in [0, 0.05) is 12.4 Å². The summed E-state index contributed by atoms with van der Waals surface area (Å²) in [6, 6.07) is 0. The van der Waals surface area contributed by atoms with E-state index in [2.05, 4.69) is 4.99 Å². The number of hydroxylamine groups is 2. The molecule has 3 nitrogen and oxygen atoms in total. The maximum atomic E-state index is 10.2. The van der Waals surface area contributed by atoms with E-state index in [-0.39, 0.29) is 6.67 Å². The molecule has 1 aliphatic rings. The van der Waals surface area contributed by atoms with Crippen molar-refractivity contribution >= 4 is 6.21 Å². The second-order valence-electron chi connectivity index (χ2n) is 1.23. The molecule has 0 fully saturated rings. The van der Waals surface area contributed by atoms with E-state index >= 15 is 0 Å². The Morgan fingerprint density at radius 1 is 1.71 bits per heavy atom. The lowest BCUT2D eigenvalue weighted by Gasteiger charge is -2.05. The van der Waals surface area contributed by atoms with Crippen molar-refractivity contribution < 1.29 is 5.21 Å². The summed E-state index contributed by atoms with van der Waals surface area (Å²) in [7, 11) is 0. The van der Waals surface area contributed by atoms with Gasteiger partial charge in [0.15, 0.2) is 0 Å². The summed E-state index contributed by atoms with van der Waals surface area (Å²) in [4.78, 5) is 3.66. The summed E-state index contributed by atoms with van der Waals surface area (Å²) in [5.41, 5.74) is 0. The monoisotopic (exact) mass is 97.0 g/mol.